The molecular formula is C15H15F2NO4. The third-order valence-electron chi connectivity index (χ3n) is 3.67. The third kappa shape index (κ3) is 3.47. The summed E-state index contributed by atoms with van der Waals surface area (Å²) in [6, 6.07) is 1.95. The molecule has 1 atom stereocenters. The smallest absolute Gasteiger partial charge is 0.326 e. The molecule has 1 unspecified atom stereocenters. The lowest BCUT2D eigenvalue weighted by atomic mass is 10.1. The zero-order valence-corrected chi connectivity index (χ0v) is 11.7. The predicted molar refractivity (Wildman–Crippen MR) is 72.3 cm³/mol. The van der Waals surface area contributed by atoms with Crippen molar-refractivity contribution in [1.29, 1.82) is 0 Å². The Morgan fingerprint density at radius 1 is 1.18 bits per heavy atom. The monoisotopic (exact) mass is 311 g/mol. The van der Waals surface area contributed by atoms with Crippen molar-refractivity contribution in [1.82, 2.24) is 4.90 Å². The van der Waals surface area contributed by atoms with E-state index in [0.29, 0.717) is 19.4 Å². The minimum Gasteiger partial charge on any atom is -0.480 e. The molecular weight excluding hydrogens is 296 g/mol. The number of likely N-dealkylation sites (tertiary alicyclic amines) is 1. The van der Waals surface area contributed by atoms with Gasteiger partial charge in [-0.3, -0.25) is 9.59 Å². The van der Waals surface area contributed by atoms with E-state index < -0.39 is 35.3 Å². The molecule has 0 aliphatic carbocycles. The number of Topliss-reactive ketones (excluding diaryl/α,β-unsaturated/α-hetero) is 1. The van der Waals surface area contributed by atoms with Crippen LogP contribution in [-0.4, -0.2) is 40.3 Å². The van der Waals surface area contributed by atoms with Crippen molar-refractivity contribution < 1.29 is 28.3 Å². The fourth-order valence-electron chi connectivity index (χ4n) is 2.50. The van der Waals surface area contributed by atoms with Crippen molar-refractivity contribution in [3.8, 4) is 0 Å². The fourth-order valence-corrected chi connectivity index (χ4v) is 2.50. The maximum absolute atomic E-state index is 13.1. The van der Waals surface area contributed by atoms with Crippen LogP contribution in [0.5, 0.6) is 0 Å². The van der Waals surface area contributed by atoms with Crippen LogP contribution in [0.3, 0.4) is 0 Å². The van der Waals surface area contributed by atoms with E-state index in [9.17, 15) is 23.2 Å². The van der Waals surface area contributed by atoms with Crippen molar-refractivity contribution in [2.24, 2.45) is 0 Å². The summed E-state index contributed by atoms with van der Waals surface area (Å²) in [7, 11) is 0. The normalized spacial score (nSPS) is 17.5. The van der Waals surface area contributed by atoms with Gasteiger partial charge < -0.3 is 10.0 Å². The first-order valence-corrected chi connectivity index (χ1v) is 6.90. The lowest BCUT2D eigenvalue weighted by Crippen LogP contribution is -2.40. The Morgan fingerprint density at radius 3 is 2.55 bits per heavy atom. The van der Waals surface area contributed by atoms with Gasteiger partial charge in [-0.15, -0.1) is 0 Å². The van der Waals surface area contributed by atoms with Crippen LogP contribution in [0.4, 0.5) is 8.78 Å². The number of halogens is 2. The molecule has 1 aliphatic heterocycles. The SMILES string of the molecule is O=C(CCC(=O)N1CCCC1C(=O)O)c1ccc(F)c(F)c1. The molecule has 1 aromatic carbocycles. The van der Waals surface area contributed by atoms with Crippen LogP contribution in [0.1, 0.15) is 36.0 Å². The number of amides is 1. The number of rotatable bonds is 5. The molecule has 22 heavy (non-hydrogen) atoms. The van der Waals surface area contributed by atoms with Gasteiger partial charge in [0.15, 0.2) is 17.4 Å². The lowest BCUT2D eigenvalue weighted by Gasteiger charge is -2.21. The Morgan fingerprint density at radius 2 is 1.91 bits per heavy atom. The molecule has 1 N–H and O–H groups in total. The van der Waals surface area contributed by atoms with Gasteiger partial charge in [0.2, 0.25) is 5.91 Å². The molecule has 118 valence electrons. The number of carbonyl (C=O) groups is 3. The molecule has 1 aromatic rings. The highest BCUT2D eigenvalue weighted by atomic mass is 19.2. The van der Waals surface area contributed by atoms with E-state index in [-0.39, 0.29) is 18.4 Å². The number of carboxylic acid groups (broad SMARTS) is 1. The molecule has 0 saturated carbocycles. The highest BCUT2D eigenvalue weighted by Crippen LogP contribution is 2.19. The number of nitrogens with zero attached hydrogens (tertiary/aromatic N) is 1. The second-order valence-corrected chi connectivity index (χ2v) is 5.14. The second-order valence-electron chi connectivity index (χ2n) is 5.14. The number of hydrogen-bond donors (Lipinski definition) is 1. The number of aliphatic carboxylic acids is 1. The summed E-state index contributed by atoms with van der Waals surface area (Å²) in [4.78, 5) is 36.1. The molecule has 1 amide bonds. The first kappa shape index (κ1) is 16.1. The average Bonchev–Trinajstić information content (AvgIpc) is 2.97. The molecule has 1 heterocycles. The predicted octanol–water partition coefficient (Wildman–Crippen LogP) is 2.00. The number of ketones is 1. The average molecular weight is 311 g/mol. The van der Waals surface area contributed by atoms with Crippen molar-refractivity contribution in [3.63, 3.8) is 0 Å². The highest BCUT2D eigenvalue weighted by molar-refractivity contribution is 5.98. The van der Waals surface area contributed by atoms with Gasteiger partial charge in [-0.1, -0.05) is 0 Å². The van der Waals surface area contributed by atoms with E-state index >= 15 is 0 Å². The van der Waals surface area contributed by atoms with Gasteiger partial charge in [-0.2, -0.15) is 0 Å². The van der Waals surface area contributed by atoms with Gasteiger partial charge in [-0.25, -0.2) is 13.6 Å². The minimum absolute atomic E-state index is 0.0112. The van der Waals surface area contributed by atoms with E-state index in [1.165, 1.54) is 4.90 Å². The van der Waals surface area contributed by atoms with Crippen LogP contribution in [0.2, 0.25) is 0 Å². The first-order valence-electron chi connectivity index (χ1n) is 6.90. The summed E-state index contributed by atoms with van der Waals surface area (Å²) in [5, 5.41) is 9.01. The van der Waals surface area contributed by atoms with E-state index in [0.717, 1.165) is 18.2 Å². The van der Waals surface area contributed by atoms with Crippen molar-refractivity contribution in [3.05, 3.63) is 35.4 Å². The molecule has 1 fully saturated rings. The Kier molecular flexibility index (Phi) is 4.85. The third-order valence-corrected chi connectivity index (χ3v) is 3.67. The van der Waals surface area contributed by atoms with Crippen molar-refractivity contribution in [2.45, 2.75) is 31.7 Å². The zero-order chi connectivity index (χ0) is 16.3. The lowest BCUT2D eigenvalue weighted by molar-refractivity contribution is -0.148. The molecule has 0 bridgehead atoms. The van der Waals surface area contributed by atoms with Gasteiger partial charge in [0.25, 0.3) is 0 Å². The molecule has 1 saturated heterocycles. The topological polar surface area (TPSA) is 74.7 Å². The standard InChI is InChI=1S/C15H15F2NO4/c16-10-4-3-9(8-11(10)17)13(19)5-6-14(20)18-7-1-2-12(18)15(21)22/h3-4,8,12H,1-2,5-7H2,(H,21,22). The maximum atomic E-state index is 13.1. The van der Waals surface area contributed by atoms with Gasteiger partial charge >= 0.3 is 5.97 Å². The van der Waals surface area contributed by atoms with E-state index in [2.05, 4.69) is 0 Å². The zero-order valence-electron chi connectivity index (χ0n) is 11.7. The van der Waals surface area contributed by atoms with Gasteiger partial charge in [0.05, 0.1) is 0 Å². The number of carbonyl (C=O) groups excluding carboxylic acids is 2. The maximum Gasteiger partial charge on any atom is 0.326 e. The van der Waals surface area contributed by atoms with E-state index in [1.807, 2.05) is 0 Å². The number of carboxylic acids is 1. The number of benzene rings is 1. The molecule has 5 nitrogen and oxygen atoms in total. The summed E-state index contributed by atoms with van der Waals surface area (Å²) in [5.74, 6) is -4.13. The van der Waals surface area contributed by atoms with Gasteiger partial charge in [0.1, 0.15) is 6.04 Å². The number of hydrogen-bond acceptors (Lipinski definition) is 3. The van der Waals surface area contributed by atoms with E-state index in [1.54, 1.807) is 0 Å². The van der Waals surface area contributed by atoms with Crippen LogP contribution in [0.25, 0.3) is 0 Å². The van der Waals surface area contributed by atoms with E-state index in [4.69, 9.17) is 5.11 Å². The summed E-state index contributed by atoms with van der Waals surface area (Å²) < 4.78 is 25.9. The van der Waals surface area contributed by atoms with Crippen LogP contribution in [0, 0.1) is 11.6 Å². The molecule has 0 spiro atoms. The Bertz CT molecular complexity index is 618. The second kappa shape index (κ2) is 6.64. The Balaban J connectivity index is 1.94. The van der Waals surface area contributed by atoms with Gasteiger partial charge in [-0.05, 0) is 31.0 Å². The first-order chi connectivity index (χ1) is 10.4. The molecule has 2 rings (SSSR count). The summed E-state index contributed by atoms with van der Waals surface area (Å²) >= 11 is 0. The van der Waals surface area contributed by atoms with Crippen LogP contribution < -0.4 is 0 Å². The summed E-state index contributed by atoms with van der Waals surface area (Å²) in [5.41, 5.74) is -0.0112. The Hall–Kier alpha value is -2.31. The molecule has 0 radical (unpaired) electrons. The minimum atomic E-state index is -1.12. The molecule has 0 aromatic heterocycles. The highest BCUT2D eigenvalue weighted by Gasteiger charge is 2.33. The van der Waals surface area contributed by atoms with Crippen molar-refractivity contribution in [2.75, 3.05) is 6.54 Å². The molecule has 1 aliphatic rings. The summed E-state index contributed by atoms with van der Waals surface area (Å²) in [6.07, 6.45) is 0.687. The molecule has 7 heteroatoms. The fraction of sp³-hybridized carbons (Fsp3) is 0.400. The largest absolute Gasteiger partial charge is 0.480 e. The quantitative estimate of drug-likeness (QED) is 0.844. The van der Waals surface area contributed by atoms with Crippen LogP contribution in [0.15, 0.2) is 18.2 Å². The van der Waals surface area contributed by atoms with Crippen molar-refractivity contribution >= 4 is 17.7 Å². The van der Waals surface area contributed by atoms with Gasteiger partial charge in [0, 0.05) is 24.9 Å². The summed E-state index contributed by atoms with van der Waals surface area (Å²) in [6.45, 7) is 0.356. The van der Waals surface area contributed by atoms with Crippen LogP contribution in [-0.2, 0) is 9.59 Å². The Labute approximate surface area is 125 Å². The van der Waals surface area contributed by atoms with Crippen LogP contribution >= 0.6 is 0 Å².